The number of unbranched alkanes of at least 4 members (excludes halogenated alkanes) is 3. The summed E-state index contributed by atoms with van der Waals surface area (Å²) in [5.41, 5.74) is 12.0. The summed E-state index contributed by atoms with van der Waals surface area (Å²) in [6, 6.07) is 8.35. The number of aromatic carboxylic acids is 1. The Morgan fingerprint density at radius 3 is 1.92 bits per heavy atom. The van der Waals surface area contributed by atoms with Crippen LogP contribution in [0.3, 0.4) is 0 Å². The van der Waals surface area contributed by atoms with Crippen molar-refractivity contribution in [2.24, 2.45) is 5.11 Å². The van der Waals surface area contributed by atoms with Crippen LogP contribution in [-0.2, 0) is 20.2 Å². The highest BCUT2D eigenvalue weighted by Gasteiger charge is 2.32. The van der Waals surface area contributed by atoms with Gasteiger partial charge in [-0.2, -0.15) is 8.42 Å². The molecule has 2 aromatic carbocycles. The van der Waals surface area contributed by atoms with Crippen LogP contribution < -0.4 is 21.8 Å². The summed E-state index contributed by atoms with van der Waals surface area (Å²) >= 11 is 0. The first-order chi connectivity index (χ1) is 27.9. The molecule has 7 N–H and O–H groups in total. The molecule has 4 rings (SSSR count). The van der Waals surface area contributed by atoms with Crippen LogP contribution >= 0.6 is 0 Å². The highest BCUT2D eigenvalue weighted by Crippen LogP contribution is 2.45. The van der Waals surface area contributed by atoms with Gasteiger partial charge in [0, 0.05) is 46.1 Å². The summed E-state index contributed by atoms with van der Waals surface area (Å²) in [5, 5.41) is 21.5. The monoisotopic (exact) mass is 860 g/mol. The second-order valence-electron chi connectivity index (χ2n) is 13.1. The molecule has 324 valence electrons. The van der Waals surface area contributed by atoms with Crippen molar-refractivity contribution in [1.29, 1.82) is 0 Å². The Bertz CT molecular complexity index is 2330. The van der Waals surface area contributed by atoms with E-state index >= 15 is 0 Å². The zero-order valence-electron chi connectivity index (χ0n) is 34.4. The van der Waals surface area contributed by atoms with E-state index in [9.17, 15) is 40.6 Å². The van der Waals surface area contributed by atoms with Gasteiger partial charge in [0.05, 0.1) is 11.3 Å². The lowest BCUT2D eigenvalue weighted by Gasteiger charge is -2.21. The van der Waals surface area contributed by atoms with Crippen molar-refractivity contribution < 1.29 is 50.5 Å². The van der Waals surface area contributed by atoms with E-state index < -0.39 is 69.9 Å². The SMILES string of the molecule is CCN(CC)CC.CCN(CC)CC.[N-]=[N+]=NCCCCCCNC(=O)c1ccc(-c2c3ccc(=[NH2+])c(S(=O)(=O)O)c-3oc3c(S(=O)(=O)[O-])c(N)ccc23)c(C(=O)O)c1. The van der Waals surface area contributed by atoms with Gasteiger partial charge in [0.2, 0.25) is 10.3 Å². The van der Waals surface area contributed by atoms with Gasteiger partial charge in [-0.3, -0.25) is 14.8 Å². The van der Waals surface area contributed by atoms with E-state index in [1.165, 1.54) is 63.5 Å². The number of azide groups is 1. The number of nitrogens with one attached hydrogen (secondary N) is 1. The topological polar surface area (TPSA) is 298 Å². The third-order valence-electron chi connectivity index (χ3n) is 9.53. The molecule has 59 heavy (non-hydrogen) atoms. The van der Waals surface area contributed by atoms with Gasteiger partial charge in [-0.05, 0) is 93.5 Å². The Balaban J connectivity index is 0.000000732. The Morgan fingerprint density at radius 1 is 0.864 bits per heavy atom. The van der Waals surface area contributed by atoms with Gasteiger partial charge < -0.3 is 34.9 Å². The van der Waals surface area contributed by atoms with Gasteiger partial charge in [0.1, 0.15) is 15.0 Å². The summed E-state index contributed by atoms with van der Waals surface area (Å²) in [5.74, 6) is -2.75. The number of amides is 1. The highest BCUT2D eigenvalue weighted by atomic mass is 32.2. The number of benzene rings is 3. The van der Waals surface area contributed by atoms with Crippen LogP contribution in [0, 0.1) is 0 Å². The molecule has 1 aliphatic carbocycles. The third kappa shape index (κ3) is 13.7. The van der Waals surface area contributed by atoms with Gasteiger partial charge in [-0.1, -0.05) is 65.6 Å². The van der Waals surface area contributed by atoms with Crippen molar-refractivity contribution in [3.63, 3.8) is 0 Å². The number of nitrogens with zero attached hydrogens (tertiary/aromatic N) is 5. The first-order valence-corrected chi connectivity index (χ1v) is 22.2. The first kappa shape index (κ1) is 50.1. The van der Waals surface area contributed by atoms with Gasteiger partial charge in [-0.25, -0.2) is 13.2 Å². The first-order valence-electron chi connectivity index (χ1n) is 19.3. The van der Waals surface area contributed by atoms with Crippen LogP contribution in [0.25, 0.3) is 43.9 Å². The lowest BCUT2D eigenvalue weighted by molar-refractivity contribution is -0.176. The average Bonchev–Trinajstić information content (AvgIpc) is 3.18. The number of hydrogen-bond acceptors (Lipinski definition) is 12. The number of fused-ring (bicyclic) bond motifs is 2. The van der Waals surface area contributed by atoms with Gasteiger partial charge in [-0.15, -0.1) is 0 Å². The summed E-state index contributed by atoms with van der Waals surface area (Å²) in [4.78, 5) is 30.8. The fourth-order valence-electron chi connectivity index (χ4n) is 6.25. The lowest BCUT2D eigenvalue weighted by Crippen LogP contribution is -2.47. The summed E-state index contributed by atoms with van der Waals surface area (Å²) in [6.45, 7) is 20.9. The molecule has 0 aromatic heterocycles. The van der Waals surface area contributed by atoms with E-state index in [1.807, 2.05) is 0 Å². The molecule has 20 heteroatoms. The Kier molecular flexibility index (Phi) is 19.9. The van der Waals surface area contributed by atoms with Crippen molar-refractivity contribution in [2.75, 3.05) is 58.1 Å². The number of anilines is 1. The van der Waals surface area contributed by atoms with E-state index in [0.717, 1.165) is 31.0 Å². The fourth-order valence-corrected chi connectivity index (χ4v) is 7.73. The molecule has 0 bridgehead atoms. The predicted molar refractivity (Wildman–Crippen MR) is 224 cm³/mol. The van der Waals surface area contributed by atoms with Crippen LogP contribution in [-0.4, -0.2) is 105 Å². The Labute approximate surface area is 345 Å². The Morgan fingerprint density at radius 2 is 1.42 bits per heavy atom. The number of nitrogen functional groups attached to an aromatic ring is 1. The molecule has 2 aromatic rings. The van der Waals surface area contributed by atoms with E-state index in [1.54, 1.807) is 0 Å². The van der Waals surface area contributed by atoms with E-state index in [-0.39, 0.29) is 34.2 Å². The van der Waals surface area contributed by atoms with Gasteiger partial charge in [0.25, 0.3) is 5.91 Å². The zero-order chi connectivity index (χ0) is 44.5. The minimum Gasteiger partial charge on any atom is -0.744 e. The summed E-state index contributed by atoms with van der Waals surface area (Å²) < 4.78 is 77.0. The third-order valence-corrected chi connectivity index (χ3v) is 11.4. The normalized spacial score (nSPS) is 11.4. The number of nitrogens with two attached hydrogens (primary N) is 2. The summed E-state index contributed by atoms with van der Waals surface area (Å²) in [6.07, 6.45) is 2.85. The molecular formula is C39H56N8O10S2. The van der Waals surface area contributed by atoms with Crippen LogP contribution in [0.5, 0.6) is 0 Å². The molecule has 0 saturated heterocycles. The average molecular weight is 861 g/mol. The summed E-state index contributed by atoms with van der Waals surface area (Å²) in [7, 11) is -10.5. The largest absolute Gasteiger partial charge is 0.744 e. The maximum atomic E-state index is 12.9. The smallest absolute Gasteiger partial charge is 0.336 e. The van der Waals surface area contributed by atoms with Crippen LogP contribution in [0.2, 0.25) is 0 Å². The van der Waals surface area contributed by atoms with E-state index in [2.05, 4.69) is 66.7 Å². The van der Waals surface area contributed by atoms with Crippen molar-refractivity contribution in [3.05, 3.63) is 69.4 Å². The number of carbonyl (C=O) groups excluding carboxylic acids is 1. The van der Waals surface area contributed by atoms with Gasteiger partial charge >= 0.3 is 16.1 Å². The molecule has 0 spiro atoms. The van der Waals surface area contributed by atoms with Crippen LogP contribution in [0.1, 0.15) is 87.9 Å². The van der Waals surface area contributed by atoms with Crippen molar-refractivity contribution >= 4 is 48.8 Å². The number of carboxylic acid groups (broad SMARTS) is 1. The molecule has 0 fully saturated rings. The maximum absolute atomic E-state index is 12.9. The predicted octanol–water partition coefficient (Wildman–Crippen LogP) is 4.59. The van der Waals surface area contributed by atoms with Crippen LogP contribution in [0.15, 0.2) is 61.8 Å². The quantitative estimate of drug-likeness (QED) is 0.0174. The van der Waals surface area contributed by atoms with Crippen molar-refractivity contribution in [2.45, 2.75) is 77.0 Å². The standard InChI is InChI=1S/C27H26N6O10S2.2C6H15N/c28-19-9-7-16-21(17-8-10-20(29)25(45(40,41)42)23(17)43-22(16)24(19)44(37,38)39)15-6-5-14(13-18(15)27(35)36)26(34)31-11-3-1-2-4-12-32-33-30;2*1-4-7(5-2)6-3/h5-10,13,28H,1-4,11-12,29H2,(H,31,34)(H,35,36)(H,37,38,39)(H,40,41,42);2*4-6H2,1-3H3. The number of carboxylic acids is 1. The lowest BCUT2D eigenvalue weighted by atomic mass is 9.89. The second-order valence-corrected chi connectivity index (χ2v) is 15.7. The molecule has 0 unspecified atom stereocenters. The molecule has 0 atom stereocenters. The minimum atomic E-state index is -5.35. The zero-order valence-corrected chi connectivity index (χ0v) is 36.0. The molecule has 0 saturated carbocycles. The van der Waals surface area contributed by atoms with Gasteiger partial charge in [0.15, 0.2) is 11.3 Å². The van der Waals surface area contributed by atoms with E-state index in [0.29, 0.717) is 19.4 Å². The molecular weight excluding hydrogens is 805 g/mol. The minimum absolute atomic E-state index is 0.0244. The number of carbonyl (C=O) groups is 2. The second kappa shape index (κ2) is 23.5. The molecule has 1 heterocycles. The van der Waals surface area contributed by atoms with E-state index in [4.69, 9.17) is 21.1 Å². The Hall–Kier alpha value is -5.08. The molecule has 18 nitrogen and oxygen atoms in total. The molecule has 0 radical (unpaired) electrons. The van der Waals surface area contributed by atoms with Crippen molar-refractivity contribution in [1.82, 2.24) is 15.1 Å². The maximum Gasteiger partial charge on any atom is 0.336 e. The van der Waals surface area contributed by atoms with Crippen molar-refractivity contribution in [3.8, 4) is 22.5 Å². The van der Waals surface area contributed by atoms with Crippen LogP contribution in [0.4, 0.5) is 5.69 Å². The molecule has 1 amide bonds. The number of rotatable bonds is 18. The molecule has 1 aliphatic heterocycles. The molecule has 2 aliphatic rings. The highest BCUT2D eigenvalue weighted by molar-refractivity contribution is 7.86. The fraction of sp³-hybridized carbons (Fsp3) is 0.462. The number of hydrogen-bond donors (Lipinski definition) is 5.